The van der Waals surface area contributed by atoms with E-state index in [9.17, 15) is 13.2 Å². The predicted octanol–water partition coefficient (Wildman–Crippen LogP) is 12.3. The zero-order valence-electron chi connectivity index (χ0n) is 31.0. The Morgan fingerprint density at radius 2 is 0.810 bits per heavy atom. The second-order valence-corrected chi connectivity index (χ2v) is 14.8. The molecule has 0 saturated heterocycles. The van der Waals surface area contributed by atoms with Crippen molar-refractivity contribution >= 4 is 78.8 Å². The monoisotopic (exact) mass is 756 g/mol. The number of anilines is 6. The molecule has 0 N–H and O–H groups in total. The fraction of sp³-hybridized carbons (Fsp3) is 0.0196. The summed E-state index contributed by atoms with van der Waals surface area (Å²) in [7, 11) is 0. The Kier molecular flexibility index (Phi) is 7.73. The standard InChI is InChI=1S/C51H32BF3N2O/c53-51(54,55)58-39-31-48-50-49(32-39)57(45-24-12-20-36-18-8-10-22-41(36)45)47-28-26-38(34-15-5-2-6-16-34)30-43(47)52(50)42-29-37(33-13-3-1-4-14-33)25-27-46(42)56(48)44-23-11-19-35-17-7-9-21-40(35)44/h1-32H. The van der Waals surface area contributed by atoms with E-state index < -0.39 is 6.36 Å². The third-order valence-corrected chi connectivity index (χ3v) is 11.5. The topological polar surface area (TPSA) is 15.7 Å². The SMILES string of the molecule is FC(F)(F)Oc1cc2c3c(c1)N(c1cccc4ccccc14)c1ccc(-c4ccccc4)cc1B3c1cc(-c3ccccc3)ccc1N2c1cccc2ccccc12. The van der Waals surface area contributed by atoms with Crippen LogP contribution in [-0.4, -0.2) is 13.1 Å². The van der Waals surface area contributed by atoms with Crippen LogP contribution in [0.2, 0.25) is 0 Å². The fourth-order valence-electron chi connectivity index (χ4n) is 9.12. The average Bonchev–Trinajstić information content (AvgIpc) is 3.26. The molecule has 11 rings (SSSR count). The third-order valence-electron chi connectivity index (χ3n) is 11.5. The van der Waals surface area contributed by atoms with Crippen molar-refractivity contribution in [2.24, 2.45) is 0 Å². The first-order chi connectivity index (χ1) is 28.4. The van der Waals surface area contributed by atoms with Gasteiger partial charge in [-0.3, -0.25) is 0 Å². The lowest BCUT2D eigenvalue weighted by Crippen LogP contribution is -2.61. The highest BCUT2D eigenvalue weighted by atomic mass is 19.4. The van der Waals surface area contributed by atoms with E-state index >= 15 is 0 Å². The molecule has 0 saturated carbocycles. The minimum absolute atomic E-state index is 0.288. The van der Waals surface area contributed by atoms with Crippen LogP contribution in [-0.2, 0) is 0 Å². The number of rotatable bonds is 5. The molecule has 0 unspecified atom stereocenters. The quantitative estimate of drug-likeness (QED) is 0.163. The van der Waals surface area contributed by atoms with Crippen LogP contribution in [0.25, 0.3) is 43.8 Å². The summed E-state index contributed by atoms with van der Waals surface area (Å²) in [6.45, 7) is -0.347. The van der Waals surface area contributed by atoms with Crippen molar-refractivity contribution in [2.45, 2.75) is 6.36 Å². The van der Waals surface area contributed by atoms with E-state index in [1.165, 1.54) is 0 Å². The molecule has 2 heterocycles. The second kappa shape index (κ2) is 13.2. The molecule has 9 aromatic carbocycles. The second-order valence-electron chi connectivity index (χ2n) is 14.8. The largest absolute Gasteiger partial charge is 0.573 e. The molecule has 2 aliphatic rings. The lowest BCUT2D eigenvalue weighted by molar-refractivity contribution is -0.274. The Morgan fingerprint density at radius 3 is 1.28 bits per heavy atom. The highest BCUT2D eigenvalue weighted by Gasteiger charge is 2.45. The maximum absolute atomic E-state index is 14.4. The molecule has 0 aliphatic carbocycles. The van der Waals surface area contributed by atoms with Crippen molar-refractivity contribution < 1.29 is 17.9 Å². The summed E-state index contributed by atoms with van der Waals surface area (Å²) in [5.41, 5.74) is 12.0. The van der Waals surface area contributed by atoms with E-state index in [1.54, 1.807) is 12.1 Å². The zero-order chi connectivity index (χ0) is 39.0. The number of fused-ring (bicyclic) bond motifs is 6. The maximum atomic E-state index is 14.4. The van der Waals surface area contributed by atoms with Crippen molar-refractivity contribution in [3.8, 4) is 28.0 Å². The van der Waals surface area contributed by atoms with Crippen molar-refractivity contribution in [3.05, 3.63) is 194 Å². The first-order valence-electron chi connectivity index (χ1n) is 19.3. The van der Waals surface area contributed by atoms with Crippen molar-refractivity contribution in [1.82, 2.24) is 0 Å². The van der Waals surface area contributed by atoms with E-state index in [2.05, 4.69) is 107 Å². The van der Waals surface area contributed by atoms with Crippen LogP contribution in [0.3, 0.4) is 0 Å². The van der Waals surface area contributed by atoms with Crippen LogP contribution in [0.4, 0.5) is 47.3 Å². The van der Waals surface area contributed by atoms with Gasteiger partial charge in [0, 0.05) is 45.7 Å². The highest BCUT2D eigenvalue weighted by Crippen LogP contribution is 2.49. The molecule has 0 amide bonds. The van der Waals surface area contributed by atoms with Crippen LogP contribution < -0.4 is 30.9 Å². The minimum atomic E-state index is -4.91. The molecule has 2 aliphatic heterocycles. The molecule has 58 heavy (non-hydrogen) atoms. The van der Waals surface area contributed by atoms with Gasteiger partial charge in [0.2, 0.25) is 0 Å². The molecular formula is C51H32BF3N2O. The highest BCUT2D eigenvalue weighted by molar-refractivity contribution is 7.00. The molecule has 3 nitrogen and oxygen atoms in total. The summed E-state index contributed by atoms with van der Waals surface area (Å²) >= 11 is 0. The van der Waals surface area contributed by atoms with Crippen molar-refractivity contribution in [3.63, 3.8) is 0 Å². The summed E-state index contributed by atoms with van der Waals surface area (Å²) < 4.78 is 48.1. The van der Waals surface area contributed by atoms with Crippen LogP contribution >= 0.6 is 0 Å². The van der Waals surface area contributed by atoms with Gasteiger partial charge in [-0.25, -0.2) is 0 Å². The van der Waals surface area contributed by atoms with Gasteiger partial charge in [0.1, 0.15) is 5.75 Å². The smallest absolute Gasteiger partial charge is 0.406 e. The number of hydrogen-bond donors (Lipinski definition) is 0. The van der Waals surface area contributed by atoms with E-state index in [-0.39, 0.29) is 12.5 Å². The van der Waals surface area contributed by atoms with Gasteiger partial charge < -0.3 is 14.5 Å². The first kappa shape index (κ1) is 34.0. The van der Waals surface area contributed by atoms with Gasteiger partial charge in [-0.15, -0.1) is 13.2 Å². The number of ether oxygens (including phenoxy) is 1. The van der Waals surface area contributed by atoms with Crippen molar-refractivity contribution in [1.29, 1.82) is 0 Å². The molecule has 0 atom stereocenters. The molecule has 0 aromatic heterocycles. The molecule has 9 aromatic rings. The summed E-state index contributed by atoms with van der Waals surface area (Å²) in [6, 6.07) is 65.3. The van der Waals surface area contributed by atoms with Gasteiger partial charge in [-0.1, -0.05) is 158 Å². The summed E-state index contributed by atoms with van der Waals surface area (Å²) in [5.74, 6) is -0.288. The van der Waals surface area contributed by atoms with Crippen LogP contribution in [0, 0.1) is 0 Å². The Balaban J connectivity index is 1.29. The summed E-state index contributed by atoms with van der Waals surface area (Å²) in [4.78, 5) is 4.27. The molecule has 276 valence electrons. The molecule has 0 bridgehead atoms. The number of benzene rings is 9. The van der Waals surface area contributed by atoms with Crippen molar-refractivity contribution in [2.75, 3.05) is 9.80 Å². The van der Waals surface area contributed by atoms with Gasteiger partial charge in [0.15, 0.2) is 0 Å². The molecular weight excluding hydrogens is 724 g/mol. The number of halogens is 3. The van der Waals surface area contributed by atoms with Crippen LogP contribution in [0.15, 0.2) is 194 Å². The Morgan fingerprint density at radius 1 is 0.379 bits per heavy atom. The Bertz CT molecular complexity index is 2850. The lowest BCUT2D eigenvalue weighted by atomic mass is 9.33. The van der Waals surface area contributed by atoms with Gasteiger partial charge >= 0.3 is 6.36 Å². The van der Waals surface area contributed by atoms with Crippen LogP contribution in [0.5, 0.6) is 5.75 Å². The Hall–Kier alpha value is -7.25. The first-order valence-corrected chi connectivity index (χ1v) is 19.3. The number of hydrogen-bond acceptors (Lipinski definition) is 3. The van der Waals surface area contributed by atoms with Crippen LogP contribution in [0.1, 0.15) is 0 Å². The molecule has 7 heteroatoms. The summed E-state index contributed by atoms with van der Waals surface area (Å²) in [6.07, 6.45) is -4.91. The van der Waals surface area contributed by atoms with Gasteiger partial charge in [-0.2, -0.15) is 0 Å². The van der Waals surface area contributed by atoms with E-state index in [0.29, 0.717) is 11.4 Å². The minimum Gasteiger partial charge on any atom is -0.406 e. The lowest BCUT2D eigenvalue weighted by Gasteiger charge is -2.45. The zero-order valence-corrected chi connectivity index (χ0v) is 31.0. The predicted molar refractivity (Wildman–Crippen MR) is 233 cm³/mol. The maximum Gasteiger partial charge on any atom is 0.573 e. The Labute approximate surface area is 333 Å². The fourth-order valence-corrected chi connectivity index (χ4v) is 9.12. The van der Waals surface area contributed by atoms with E-state index in [0.717, 1.165) is 82.9 Å². The number of nitrogens with zero attached hydrogens (tertiary/aromatic N) is 2. The molecule has 0 fully saturated rings. The normalized spacial score (nSPS) is 13.0. The van der Waals surface area contributed by atoms with Gasteiger partial charge in [0.05, 0.1) is 11.4 Å². The molecule has 0 spiro atoms. The van der Waals surface area contributed by atoms with E-state index in [1.807, 2.05) is 84.9 Å². The summed E-state index contributed by atoms with van der Waals surface area (Å²) in [5, 5.41) is 4.00. The number of alkyl halides is 3. The molecule has 0 radical (unpaired) electrons. The third kappa shape index (κ3) is 5.53. The van der Waals surface area contributed by atoms with Gasteiger partial charge in [-0.05, 0) is 73.7 Å². The van der Waals surface area contributed by atoms with E-state index in [4.69, 9.17) is 4.74 Å². The average molecular weight is 757 g/mol. The van der Waals surface area contributed by atoms with Gasteiger partial charge in [0.25, 0.3) is 6.71 Å².